The average molecular weight is 474 g/mol. The van der Waals surface area contributed by atoms with Gasteiger partial charge in [-0.05, 0) is 62.1 Å². The molecular weight excluding hydrogens is 451 g/mol. The van der Waals surface area contributed by atoms with E-state index in [9.17, 15) is 26.4 Å². The number of likely N-dealkylation sites (tertiary alicyclic amines) is 1. The van der Waals surface area contributed by atoms with E-state index in [1.165, 1.54) is 19.9 Å². The SMILES string of the molecule is CC(C)([C@@H]1CCC(=O)N(Cc2ccc(Cl)cc2)C1)S(=O)(=O)c1cccc(C(F)(F)F)c1. The molecule has 0 bridgehead atoms. The van der Waals surface area contributed by atoms with Crippen LogP contribution in [0.5, 0.6) is 0 Å². The Morgan fingerprint density at radius 1 is 1.10 bits per heavy atom. The second-order valence-corrected chi connectivity index (χ2v) is 11.2. The van der Waals surface area contributed by atoms with Crippen molar-refractivity contribution in [2.75, 3.05) is 6.54 Å². The van der Waals surface area contributed by atoms with E-state index in [1.54, 1.807) is 29.2 Å². The maximum absolute atomic E-state index is 13.3. The number of amides is 1. The third-order valence-electron chi connectivity index (χ3n) is 5.93. The van der Waals surface area contributed by atoms with Crippen molar-refractivity contribution in [3.8, 4) is 0 Å². The largest absolute Gasteiger partial charge is 0.416 e. The number of piperidine rings is 1. The van der Waals surface area contributed by atoms with E-state index < -0.39 is 32.2 Å². The summed E-state index contributed by atoms with van der Waals surface area (Å²) >= 11 is 5.90. The number of hydrogen-bond acceptors (Lipinski definition) is 3. The number of carbonyl (C=O) groups excluding carboxylic acids is 1. The Labute approximate surface area is 184 Å². The topological polar surface area (TPSA) is 54.5 Å². The Morgan fingerprint density at radius 2 is 1.74 bits per heavy atom. The minimum absolute atomic E-state index is 0.0848. The first-order valence-electron chi connectivity index (χ1n) is 9.76. The number of halogens is 4. The first kappa shape index (κ1) is 23.6. The molecule has 1 heterocycles. The molecular formula is C22H23ClF3NO3S. The van der Waals surface area contributed by atoms with Gasteiger partial charge in [0.15, 0.2) is 9.84 Å². The smallest absolute Gasteiger partial charge is 0.338 e. The van der Waals surface area contributed by atoms with E-state index in [-0.39, 0.29) is 23.8 Å². The zero-order valence-electron chi connectivity index (χ0n) is 17.1. The van der Waals surface area contributed by atoms with Crippen LogP contribution in [0.4, 0.5) is 13.2 Å². The zero-order chi connectivity index (χ0) is 23.0. The molecule has 0 unspecified atom stereocenters. The van der Waals surface area contributed by atoms with E-state index in [0.717, 1.165) is 17.7 Å². The van der Waals surface area contributed by atoms with Crippen LogP contribution in [-0.4, -0.2) is 30.5 Å². The van der Waals surface area contributed by atoms with Gasteiger partial charge in [0.25, 0.3) is 0 Å². The summed E-state index contributed by atoms with van der Waals surface area (Å²) in [5, 5.41) is 0.569. The summed E-state index contributed by atoms with van der Waals surface area (Å²) in [4.78, 5) is 13.7. The highest BCUT2D eigenvalue weighted by molar-refractivity contribution is 7.92. The van der Waals surface area contributed by atoms with E-state index in [4.69, 9.17) is 11.6 Å². The summed E-state index contributed by atoms with van der Waals surface area (Å²) in [6.07, 6.45) is -4.11. The molecule has 0 radical (unpaired) electrons. The molecule has 1 amide bonds. The van der Waals surface area contributed by atoms with Crippen molar-refractivity contribution in [3.05, 3.63) is 64.7 Å². The van der Waals surface area contributed by atoms with Crippen LogP contribution in [0, 0.1) is 5.92 Å². The van der Waals surface area contributed by atoms with Crippen molar-refractivity contribution < 1.29 is 26.4 Å². The number of nitrogens with zero attached hydrogens (tertiary/aromatic N) is 1. The molecule has 1 saturated heterocycles. The number of benzene rings is 2. The molecule has 2 aromatic carbocycles. The number of rotatable bonds is 5. The number of carbonyl (C=O) groups is 1. The Balaban J connectivity index is 1.86. The molecule has 9 heteroatoms. The molecule has 0 aliphatic carbocycles. The molecule has 1 aliphatic rings. The Bertz CT molecular complexity index is 1070. The van der Waals surface area contributed by atoms with Crippen molar-refractivity contribution in [2.24, 2.45) is 5.92 Å². The van der Waals surface area contributed by atoms with Crippen LogP contribution in [0.3, 0.4) is 0 Å². The summed E-state index contributed by atoms with van der Waals surface area (Å²) < 4.78 is 64.6. The highest BCUT2D eigenvalue weighted by Crippen LogP contribution is 2.39. The molecule has 1 fully saturated rings. The summed E-state index contributed by atoms with van der Waals surface area (Å²) in [6.45, 7) is 3.55. The predicted octanol–water partition coefficient (Wildman–Crippen LogP) is 5.35. The summed E-state index contributed by atoms with van der Waals surface area (Å²) in [5.74, 6) is -0.518. The summed E-state index contributed by atoms with van der Waals surface area (Å²) in [5.41, 5.74) is -0.149. The van der Waals surface area contributed by atoms with Crippen molar-refractivity contribution >= 4 is 27.3 Å². The summed E-state index contributed by atoms with van der Waals surface area (Å²) in [7, 11) is -4.10. The molecule has 0 aromatic heterocycles. The maximum atomic E-state index is 13.3. The Morgan fingerprint density at radius 3 is 2.35 bits per heavy atom. The lowest BCUT2D eigenvalue weighted by atomic mass is 9.86. The fourth-order valence-electron chi connectivity index (χ4n) is 3.81. The van der Waals surface area contributed by atoms with Crippen molar-refractivity contribution in [1.82, 2.24) is 4.90 Å². The highest BCUT2D eigenvalue weighted by Gasteiger charge is 2.46. The quantitative estimate of drug-likeness (QED) is 0.588. The van der Waals surface area contributed by atoms with Crippen molar-refractivity contribution in [2.45, 2.75) is 49.1 Å². The van der Waals surface area contributed by atoms with Gasteiger partial charge in [-0.15, -0.1) is 0 Å². The standard InChI is InChI=1S/C22H23ClF3NO3S/c1-21(2,31(29,30)19-5-3-4-16(12-19)22(24,25)26)17-8-11-20(28)27(14-17)13-15-6-9-18(23)10-7-15/h3-7,9-10,12,17H,8,11,13-14H2,1-2H3/t17-/m1/s1. The lowest BCUT2D eigenvalue weighted by Crippen LogP contribution is -2.50. The second kappa shape index (κ2) is 8.47. The zero-order valence-corrected chi connectivity index (χ0v) is 18.7. The van der Waals surface area contributed by atoms with E-state index >= 15 is 0 Å². The minimum Gasteiger partial charge on any atom is -0.338 e. The molecule has 0 saturated carbocycles. The van der Waals surface area contributed by atoms with Crippen LogP contribution >= 0.6 is 11.6 Å². The van der Waals surface area contributed by atoms with Crippen molar-refractivity contribution in [1.29, 1.82) is 0 Å². The van der Waals surface area contributed by atoms with E-state index in [0.29, 0.717) is 24.1 Å². The van der Waals surface area contributed by atoms with Crippen LogP contribution in [0.25, 0.3) is 0 Å². The van der Waals surface area contributed by atoms with Gasteiger partial charge in [0.1, 0.15) is 0 Å². The monoisotopic (exact) mass is 473 g/mol. The Kier molecular flexibility index (Phi) is 6.45. The summed E-state index contributed by atoms with van der Waals surface area (Å²) in [6, 6.07) is 10.8. The van der Waals surface area contributed by atoms with Crippen LogP contribution in [0.1, 0.15) is 37.8 Å². The molecule has 1 aliphatic heterocycles. The number of alkyl halides is 3. The van der Waals surface area contributed by atoms with E-state index in [2.05, 4.69) is 0 Å². The molecule has 3 rings (SSSR count). The highest BCUT2D eigenvalue weighted by atomic mass is 35.5. The van der Waals surface area contributed by atoms with Gasteiger partial charge in [0.2, 0.25) is 5.91 Å². The van der Waals surface area contributed by atoms with Crippen LogP contribution in [0.2, 0.25) is 5.02 Å². The Hall–Kier alpha value is -2.06. The molecule has 31 heavy (non-hydrogen) atoms. The average Bonchev–Trinajstić information content (AvgIpc) is 2.70. The predicted molar refractivity (Wildman–Crippen MR) is 112 cm³/mol. The molecule has 168 valence electrons. The lowest BCUT2D eigenvalue weighted by molar-refractivity contribution is -0.138. The minimum atomic E-state index is -4.64. The van der Waals surface area contributed by atoms with Gasteiger partial charge in [-0.1, -0.05) is 29.8 Å². The van der Waals surface area contributed by atoms with Gasteiger partial charge in [-0.25, -0.2) is 8.42 Å². The molecule has 0 N–H and O–H groups in total. The lowest BCUT2D eigenvalue weighted by Gasteiger charge is -2.41. The fourth-order valence-corrected chi connectivity index (χ4v) is 5.71. The number of hydrogen-bond donors (Lipinski definition) is 0. The molecule has 1 atom stereocenters. The molecule has 2 aromatic rings. The van der Waals surface area contributed by atoms with Crippen LogP contribution < -0.4 is 0 Å². The maximum Gasteiger partial charge on any atom is 0.416 e. The number of sulfone groups is 1. The van der Waals surface area contributed by atoms with Crippen LogP contribution in [-0.2, 0) is 27.4 Å². The van der Waals surface area contributed by atoms with Gasteiger partial charge in [-0.3, -0.25) is 4.79 Å². The third-order valence-corrected chi connectivity index (χ3v) is 8.78. The van der Waals surface area contributed by atoms with Crippen LogP contribution in [0.15, 0.2) is 53.4 Å². The van der Waals surface area contributed by atoms with Gasteiger partial charge in [0.05, 0.1) is 15.2 Å². The second-order valence-electron chi connectivity index (χ2n) is 8.27. The van der Waals surface area contributed by atoms with Gasteiger partial charge < -0.3 is 4.90 Å². The molecule has 4 nitrogen and oxygen atoms in total. The third kappa shape index (κ3) is 4.90. The first-order valence-corrected chi connectivity index (χ1v) is 11.6. The first-order chi connectivity index (χ1) is 14.3. The normalized spacial score (nSPS) is 18.3. The van der Waals surface area contributed by atoms with Gasteiger partial charge in [-0.2, -0.15) is 13.2 Å². The fraction of sp³-hybridized carbons (Fsp3) is 0.409. The van der Waals surface area contributed by atoms with E-state index in [1.807, 2.05) is 0 Å². The molecule has 0 spiro atoms. The van der Waals surface area contributed by atoms with Crippen molar-refractivity contribution in [3.63, 3.8) is 0 Å². The van der Waals surface area contributed by atoms with Gasteiger partial charge in [0, 0.05) is 24.5 Å². The van der Waals surface area contributed by atoms with Gasteiger partial charge >= 0.3 is 6.18 Å².